The Balaban J connectivity index is 2.12. The highest BCUT2D eigenvalue weighted by atomic mass is 35.5. The Labute approximate surface area is 113 Å². The van der Waals surface area contributed by atoms with Crippen molar-refractivity contribution in [3.05, 3.63) is 64.2 Å². The highest BCUT2D eigenvalue weighted by Gasteiger charge is 2.04. The van der Waals surface area contributed by atoms with Crippen molar-refractivity contribution in [3.63, 3.8) is 0 Å². The SMILES string of the molecule is N#Cc1cc(F)cc(COc2ccc(Cl)c(F)c2)c1. The first-order valence-corrected chi connectivity index (χ1v) is 5.73. The molecule has 2 rings (SSSR count). The molecular weight excluding hydrogens is 272 g/mol. The summed E-state index contributed by atoms with van der Waals surface area (Å²) in [5.41, 5.74) is 0.702. The highest BCUT2D eigenvalue weighted by molar-refractivity contribution is 6.30. The maximum Gasteiger partial charge on any atom is 0.145 e. The summed E-state index contributed by atoms with van der Waals surface area (Å²) in [6, 6.07) is 9.78. The summed E-state index contributed by atoms with van der Waals surface area (Å²) < 4.78 is 31.7. The quantitative estimate of drug-likeness (QED) is 0.848. The molecule has 96 valence electrons. The lowest BCUT2D eigenvalue weighted by molar-refractivity contribution is 0.304. The van der Waals surface area contributed by atoms with Crippen molar-refractivity contribution >= 4 is 11.6 Å². The molecule has 0 amide bonds. The Hall–Kier alpha value is -2.12. The van der Waals surface area contributed by atoms with E-state index < -0.39 is 11.6 Å². The largest absolute Gasteiger partial charge is 0.489 e. The summed E-state index contributed by atoms with van der Waals surface area (Å²) in [6.45, 7) is 0.0352. The minimum atomic E-state index is -0.587. The van der Waals surface area contributed by atoms with Gasteiger partial charge in [0.1, 0.15) is 24.0 Å². The Kier molecular flexibility index (Phi) is 3.98. The lowest BCUT2D eigenvalue weighted by Gasteiger charge is -2.07. The summed E-state index contributed by atoms with van der Waals surface area (Å²) in [4.78, 5) is 0. The van der Waals surface area contributed by atoms with Crippen molar-refractivity contribution in [3.8, 4) is 11.8 Å². The first-order valence-electron chi connectivity index (χ1n) is 5.36. The van der Waals surface area contributed by atoms with Gasteiger partial charge in [-0.2, -0.15) is 5.26 Å². The van der Waals surface area contributed by atoms with E-state index in [1.807, 2.05) is 6.07 Å². The van der Waals surface area contributed by atoms with E-state index in [0.717, 1.165) is 12.1 Å². The Morgan fingerprint density at radius 3 is 2.63 bits per heavy atom. The standard InChI is InChI=1S/C14H8ClF2NO/c15-13-2-1-12(6-14(13)17)19-8-10-3-9(7-18)4-11(16)5-10/h1-6H,8H2. The van der Waals surface area contributed by atoms with Crippen LogP contribution in [0.3, 0.4) is 0 Å². The zero-order valence-corrected chi connectivity index (χ0v) is 10.4. The van der Waals surface area contributed by atoms with E-state index >= 15 is 0 Å². The smallest absolute Gasteiger partial charge is 0.145 e. The third kappa shape index (κ3) is 3.43. The van der Waals surface area contributed by atoms with Crippen LogP contribution in [0.1, 0.15) is 11.1 Å². The van der Waals surface area contributed by atoms with Crippen LogP contribution in [0.2, 0.25) is 5.02 Å². The van der Waals surface area contributed by atoms with Crippen molar-refractivity contribution in [1.29, 1.82) is 5.26 Å². The zero-order valence-electron chi connectivity index (χ0n) is 9.66. The van der Waals surface area contributed by atoms with Crippen LogP contribution >= 0.6 is 11.6 Å². The van der Waals surface area contributed by atoms with E-state index in [-0.39, 0.29) is 22.9 Å². The first-order chi connectivity index (χ1) is 9.08. The van der Waals surface area contributed by atoms with Crippen LogP contribution < -0.4 is 4.74 Å². The molecule has 2 aromatic rings. The number of ether oxygens (including phenoxy) is 1. The van der Waals surface area contributed by atoms with Crippen molar-refractivity contribution in [1.82, 2.24) is 0 Å². The number of hydrogen-bond acceptors (Lipinski definition) is 2. The van der Waals surface area contributed by atoms with Gasteiger partial charge in [0.15, 0.2) is 0 Å². The molecule has 0 saturated carbocycles. The van der Waals surface area contributed by atoms with Gasteiger partial charge in [-0.15, -0.1) is 0 Å². The molecule has 0 unspecified atom stereocenters. The summed E-state index contributed by atoms with van der Waals surface area (Å²) in [7, 11) is 0. The number of halogens is 3. The zero-order chi connectivity index (χ0) is 13.8. The van der Waals surface area contributed by atoms with Gasteiger partial charge in [-0.1, -0.05) is 11.6 Å². The fraction of sp³-hybridized carbons (Fsp3) is 0.0714. The Morgan fingerprint density at radius 2 is 1.95 bits per heavy atom. The first kappa shape index (κ1) is 13.3. The van der Waals surface area contributed by atoms with E-state index in [0.29, 0.717) is 5.56 Å². The maximum atomic E-state index is 13.2. The van der Waals surface area contributed by atoms with Gasteiger partial charge in [-0.05, 0) is 35.9 Å². The third-order valence-corrected chi connectivity index (χ3v) is 2.69. The second-order valence-corrected chi connectivity index (χ2v) is 4.23. The maximum absolute atomic E-state index is 13.2. The van der Waals surface area contributed by atoms with Crippen LogP contribution in [0, 0.1) is 23.0 Å². The molecule has 0 aliphatic carbocycles. The molecule has 0 N–H and O–H groups in total. The fourth-order valence-corrected chi connectivity index (χ4v) is 1.65. The van der Waals surface area contributed by atoms with Gasteiger partial charge in [0, 0.05) is 6.07 Å². The highest BCUT2D eigenvalue weighted by Crippen LogP contribution is 2.21. The summed E-state index contributed by atoms with van der Waals surface area (Å²) >= 11 is 5.54. The van der Waals surface area contributed by atoms with Gasteiger partial charge < -0.3 is 4.74 Å². The van der Waals surface area contributed by atoms with Crippen LogP contribution in [-0.4, -0.2) is 0 Å². The molecule has 0 spiro atoms. The predicted octanol–water partition coefficient (Wildman–Crippen LogP) is 4.07. The van der Waals surface area contributed by atoms with E-state index in [1.54, 1.807) is 0 Å². The van der Waals surface area contributed by atoms with Crippen molar-refractivity contribution in [2.75, 3.05) is 0 Å². The van der Waals surface area contributed by atoms with Crippen LogP contribution in [0.5, 0.6) is 5.75 Å². The van der Waals surface area contributed by atoms with Crippen LogP contribution in [0.25, 0.3) is 0 Å². The number of nitriles is 1. The van der Waals surface area contributed by atoms with E-state index in [1.165, 1.54) is 24.3 Å². The van der Waals surface area contributed by atoms with Gasteiger partial charge in [-0.25, -0.2) is 8.78 Å². The van der Waals surface area contributed by atoms with Gasteiger partial charge in [0.25, 0.3) is 0 Å². The van der Waals surface area contributed by atoms with E-state index in [9.17, 15) is 8.78 Å². The van der Waals surface area contributed by atoms with Crippen molar-refractivity contribution < 1.29 is 13.5 Å². The second kappa shape index (κ2) is 5.68. The average Bonchev–Trinajstić information content (AvgIpc) is 2.39. The molecule has 0 aliphatic heterocycles. The minimum Gasteiger partial charge on any atom is -0.489 e. The van der Waals surface area contributed by atoms with Crippen LogP contribution in [0.4, 0.5) is 8.78 Å². The summed E-state index contributed by atoms with van der Waals surface area (Å²) in [6.07, 6.45) is 0. The lowest BCUT2D eigenvalue weighted by atomic mass is 10.1. The van der Waals surface area contributed by atoms with E-state index in [4.69, 9.17) is 21.6 Å². The monoisotopic (exact) mass is 279 g/mol. The molecule has 0 radical (unpaired) electrons. The Bertz CT molecular complexity index is 652. The number of rotatable bonds is 3. The third-order valence-electron chi connectivity index (χ3n) is 2.38. The molecule has 5 heteroatoms. The van der Waals surface area contributed by atoms with Gasteiger partial charge in [0.05, 0.1) is 16.7 Å². The topological polar surface area (TPSA) is 33.0 Å². The molecule has 19 heavy (non-hydrogen) atoms. The van der Waals surface area contributed by atoms with Gasteiger partial charge >= 0.3 is 0 Å². The summed E-state index contributed by atoms with van der Waals surface area (Å²) in [5, 5.41) is 8.72. The lowest BCUT2D eigenvalue weighted by Crippen LogP contribution is -1.97. The molecule has 0 fully saturated rings. The molecule has 0 saturated heterocycles. The van der Waals surface area contributed by atoms with Gasteiger partial charge in [0.2, 0.25) is 0 Å². The molecule has 0 heterocycles. The minimum absolute atomic E-state index is 0.00451. The van der Waals surface area contributed by atoms with Crippen LogP contribution in [-0.2, 0) is 6.61 Å². The molecule has 0 aliphatic rings. The number of nitrogens with zero attached hydrogens (tertiary/aromatic N) is 1. The molecule has 2 aromatic carbocycles. The number of hydrogen-bond donors (Lipinski definition) is 0. The normalized spacial score (nSPS) is 10.0. The Morgan fingerprint density at radius 1 is 1.16 bits per heavy atom. The molecule has 0 atom stereocenters. The molecule has 0 bridgehead atoms. The van der Waals surface area contributed by atoms with Crippen molar-refractivity contribution in [2.45, 2.75) is 6.61 Å². The predicted molar refractivity (Wildman–Crippen MR) is 66.9 cm³/mol. The van der Waals surface area contributed by atoms with Gasteiger partial charge in [-0.3, -0.25) is 0 Å². The summed E-state index contributed by atoms with van der Waals surface area (Å²) in [5.74, 6) is -0.819. The van der Waals surface area contributed by atoms with Crippen molar-refractivity contribution in [2.24, 2.45) is 0 Å². The fourth-order valence-electron chi connectivity index (χ4n) is 1.53. The average molecular weight is 280 g/mol. The van der Waals surface area contributed by atoms with Crippen LogP contribution in [0.15, 0.2) is 36.4 Å². The second-order valence-electron chi connectivity index (χ2n) is 3.82. The molecule has 2 nitrogen and oxygen atoms in total. The molecule has 0 aromatic heterocycles. The molecular formula is C14H8ClF2NO. The number of benzene rings is 2. The van der Waals surface area contributed by atoms with E-state index in [2.05, 4.69) is 0 Å².